The number of carbonyl (C=O) groups excluding carboxylic acids is 1. The molecule has 0 spiro atoms. The van der Waals surface area contributed by atoms with Gasteiger partial charge in [0.1, 0.15) is 0 Å². The van der Waals surface area contributed by atoms with Gasteiger partial charge in [0.25, 0.3) is 0 Å². The number of hydrogen-bond donors (Lipinski definition) is 0. The molecule has 2 nitrogen and oxygen atoms in total. The molecule has 0 saturated heterocycles. The molecule has 0 aliphatic heterocycles. The zero-order valence-corrected chi connectivity index (χ0v) is 26.7. The number of allylic oxidation sites excluding steroid dienone is 2. The molecule has 0 aromatic heterocycles. The van der Waals surface area contributed by atoms with Crippen LogP contribution in [-0.2, 0) is 9.53 Å². The first-order valence-electron chi connectivity index (χ1n) is 17.5. The predicted octanol–water partition coefficient (Wildman–Crippen LogP) is 12.5. The number of ether oxygens (including phenoxy) is 1. The van der Waals surface area contributed by atoms with Crippen molar-refractivity contribution in [3.63, 3.8) is 0 Å². The van der Waals surface area contributed by atoms with Gasteiger partial charge in [0.15, 0.2) is 0 Å². The third-order valence-corrected chi connectivity index (χ3v) is 8.27. The van der Waals surface area contributed by atoms with E-state index >= 15 is 0 Å². The first kappa shape index (κ1) is 37.2. The summed E-state index contributed by atoms with van der Waals surface area (Å²) < 4.78 is 5.81. The lowest BCUT2D eigenvalue weighted by Crippen LogP contribution is -2.25. The number of unbranched alkanes of at least 4 members (excludes halogenated alkanes) is 20. The lowest BCUT2D eigenvalue weighted by Gasteiger charge is -2.22. The van der Waals surface area contributed by atoms with Crippen LogP contribution in [0.3, 0.4) is 0 Å². The van der Waals surface area contributed by atoms with Gasteiger partial charge < -0.3 is 4.74 Å². The van der Waals surface area contributed by atoms with Crippen molar-refractivity contribution in [3.8, 4) is 0 Å². The van der Waals surface area contributed by atoms with E-state index in [1.54, 1.807) is 0 Å². The molecule has 38 heavy (non-hydrogen) atoms. The molecule has 0 bridgehead atoms. The maximum absolute atomic E-state index is 13.0. The van der Waals surface area contributed by atoms with Crippen molar-refractivity contribution in [2.45, 2.75) is 195 Å². The predicted molar refractivity (Wildman–Crippen MR) is 170 cm³/mol. The molecule has 2 heteroatoms. The van der Waals surface area contributed by atoms with E-state index < -0.39 is 0 Å². The highest BCUT2D eigenvalue weighted by Crippen LogP contribution is 2.26. The van der Waals surface area contributed by atoms with Crippen LogP contribution in [0.25, 0.3) is 0 Å². The van der Waals surface area contributed by atoms with Crippen LogP contribution in [0.5, 0.6) is 0 Å². The summed E-state index contributed by atoms with van der Waals surface area (Å²) in [6.07, 6.45) is 38.2. The number of hydrogen-bond acceptors (Lipinski definition) is 2. The summed E-state index contributed by atoms with van der Waals surface area (Å²) in [5, 5.41) is 0. The standard InChI is InChI=1S/C36H70O2/c1-5-8-11-13-15-17-18-19-20-21-22-24-26-29-32-35(34(4)31-28-10-7-3)36(37)38-33-30-27-25-23-16-14-12-9-6-2/h19-20,34-35H,5-18,21-33H2,1-4H3/b20-19-. The zero-order valence-electron chi connectivity index (χ0n) is 26.7. The molecule has 0 heterocycles. The highest BCUT2D eigenvalue weighted by atomic mass is 16.5. The Bertz CT molecular complexity index is 498. The summed E-state index contributed by atoms with van der Waals surface area (Å²) in [6, 6.07) is 0. The maximum atomic E-state index is 13.0. The Balaban J connectivity index is 4.04. The van der Waals surface area contributed by atoms with Gasteiger partial charge in [-0.25, -0.2) is 0 Å². The van der Waals surface area contributed by atoms with Crippen molar-refractivity contribution in [2.75, 3.05) is 6.61 Å². The van der Waals surface area contributed by atoms with Crippen molar-refractivity contribution >= 4 is 5.97 Å². The quantitative estimate of drug-likeness (QED) is 0.0520. The Labute approximate surface area is 240 Å². The van der Waals surface area contributed by atoms with Gasteiger partial charge in [-0.3, -0.25) is 4.79 Å². The molecule has 0 aromatic carbocycles. The molecule has 0 saturated carbocycles. The van der Waals surface area contributed by atoms with Gasteiger partial charge in [0.05, 0.1) is 12.5 Å². The second-order valence-electron chi connectivity index (χ2n) is 12.1. The van der Waals surface area contributed by atoms with Gasteiger partial charge in [0.2, 0.25) is 0 Å². The van der Waals surface area contributed by atoms with E-state index in [0.717, 1.165) is 25.7 Å². The minimum atomic E-state index is 0.0891. The summed E-state index contributed by atoms with van der Waals surface area (Å²) in [5.41, 5.74) is 0. The number of rotatable bonds is 30. The summed E-state index contributed by atoms with van der Waals surface area (Å²) in [7, 11) is 0. The smallest absolute Gasteiger partial charge is 0.309 e. The van der Waals surface area contributed by atoms with Crippen LogP contribution in [0.4, 0.5) is 0 Å². The minimum Gasteiger partial charge on any atom is -0.465 e. The van der Waals surface area contributed by atoms with E-state index in [1.165, 1.54) is 141 Å². The van der Waals surface area contributed by atoms with Crippen molar-refractivity contribution < 1.29 is 9.53 Å². The molecule has 0 N–H and O–H groups in total. The molecule has 2 atom stereocenters. The fraction of sp³-hybridized carbons (Fsp3) is 0.917. The fourth-order valence-corrected chi connectivity index (χ4v) is 5.50. The largest absolute Gasteiger partial charge is 0.465 e. The molecule has 2 unspecified atom stereocenters. The molecular weight excluding hydrogens is 464 g/mol. The van der Waals surface area contributed by atoms with E-state index in [2.05, 4.69) is 39.8 Å². The van der Waals surface area contributed by atoms with Crippen molar-refractivity contribution in [2.24, 2.45) is 11.8 Å². The molecule has 0 aromatic rings. The summed E-state index contributed by atoms with van der Waals surface area (Å²) >= 11 is 0. The highest BCUT2D eigenvalue weighted by Gasteiger charge is 2.25. The van der Waals surface area contributed by atoms with Crippen LogP contribution in [0.2, 0.25) is 0 Å². The van der Waals surface area contributed by atoms with Gasteiger partial charge in [-0.2, -0.15) is 0 Å². The fourth-order valence-electron chi connectivity index (χ4n) is 5.50. The summed E-state index contributed by atoms with van der Waals surface area (Å²) in [6.45, 7) is 9.72. The molecule has 0 aliphatic rings. The number of carbonyl (C=O) groups is 1. The highest BCUT2D eigenvalue weighted by molar-refractivity contribution is 5.72. The molecule has 0 fully saturated rings. The van der Waals surface area contributed by atoms with E-state index in [0.29, 0.717) is 12.5 Å². The summed E-state index contributed by atoms with van der Waals surface area (Å²) in [5.74, 6) is 0.635. The average molecular weight is 535 g/mol. The zero-order chi connectivity index (χ0) is 27.9. The van der Waals surface area contributed by atoms with Gasteiger partial charge in [0, 0.05) is 0 Å². The Morgan fingerprint density at radius 3 is 1.45 bits per heavy atom. The monoisotopic (exact) mass is 535 g/mol. The van der Waals surface area contributed by atoms with Crippen molar-refractivity contribution in [1.29, 1.82) is 0 Å². The van der Waals surface area contributed by atoms with Gasteiger partial charge >= 0.3 is 5.97 Å². The normalized spacial score (nSPS) is 13.3. The van der Waals surface area contributed by atoms with E-state index in [1.807, 2.05) is 0 Å². The number of esters is 1. The van der Waals surface area contributed by atoms with Gasteiger partial charge in [-0.1, -0.05) is 162 Å². The first-order valence-corrected chi connectivity index (χ1v) is 17.5. The van der Waals surface area contributed by atoms with Crippen LogP contribution in [0.1, 0.15) is 195 Å². The topological polar surface area (TPSA) is 26.3 Å². The van der Waals surface area contributed by atoms with E-state index in [9.17, 15) is 4.79 Å². The molecule has 0 radical (unpaired) electrons. The third kappa shape index (κ3) is 25.5. The lowest BCUT2D eigenvalue weighted by atomic mass is 9.85. The molecule has 0 aliphatic carbocycles. The van der Waals surface area contributed by atoms with E-state index in [-0.39, 0.29) is 11.9 Å². The SMILES string of the molecule is CCCCCCCC/C=C\CCCCCCC(C(=O)OCCCCCCCCCCC)C(C)CCCCC. The third-order valence-electron chi connectivity index (χ3n) is 8.27. The van der Waals surface area contributed by atoms with Crippen LogP contribution in [-0.4, -0.2) is 12.6 Å². The Morgan fingerprint density at radius 1 is 0.526 bits per heavy atom. The Hall–Kier alpha value is -0.790. The molecule has 226 valence electrons. The molecule has 0 amide bonds. The average Bonchev–Trinajstić information content (AvgIpc) is 2.92. The maximum Gasteiger partial charge on any atom is 0.309 e. The Kier molecular flexibility index (Phi) is 30.1. The van der Waals surface area contributed by atoms with Crippen molar-refractivity contribution in [1.82, 2.24) is 0 Å². The van der Waals surface area contributed by atoms with Crippen LogP contribution in [0, 0.1) is 11.8 Å². The van der Waals surface area contributed by atoms with E-state index in [4.69, 9.17) is 4.74 Å². The van der Waals surface area contributed by atoms with Crippen LogP contribution in [0.15, 0.2) is 12.2 Å². The van der Waals surface area contributed by atoms with Crippen LogP contribution >= 0.6 is 0 Å². The first-order chi connectivity index (χ1) is 18.7. The Morgan fingerprint density at radius 2 is 0.921 bits per heavy atom. The lowest BCUT2D eigenvalue weighted by molar-refractivity contribution is -0.151. The summed E-state index contributed by atoms with van der Waals surface area (Å²) in [4.78, 5) is 13.0. The van der Waals surface area contributed by atoms with Gasteiger partial charge in [-0.05, 0) is 50.9 Å². The molecule has 0 rings (SSSR count). The second-order valence-corrected chi connectivity index (χ2v) is 12.1. The molecular formula is C36H70O2. The van der Waals surface area contributed by atoms with Crippen LogP contribution < -0.4 is 0 Å². The van der Waals surface area contributed by atoms with Gasteiger partial charge in [-0.15, -0.1) is 0 Å². The second kappa shape index (κ2) is 30.7. The van der Waals surface area contributed by atoms with Crippen molar-refractivity contribution in [3.05, 3.63) is 12.2 Å². The minimum absolute atomic E-state index is 0.0891.